The first-order valence-electron chi connectivity index (χ1n) is 6.15. The van der Waals surface area contributed by atoms with Gasteiger partial charge in [0.05, 0.1) is 24.9 Å². The number of hydrogen-bond donors (Lipinski definition) is 2. The van der Waals surface area contributed by atoms with E-state index in [2.05, 4.69) is 10.4 Å². The highest BCUT2D eigenvalue weighted by Crippen LogP contribution is 2.24. The van der Waals surface area contributed by atoms with E-state index in [-0.39, 0.29) is 18.1 Å². The summed E-state index contributed by atoms with van der Waals surface area (Å²) in [5, 5.41) is 16.4. The van der Waals surface area contributed by atoms with Crippen molar-refractivity contribution in [2.24, 2.45) is 7.05 Å². The van der Waals surface area contributed by atoms with Crippen LogP contribution >= 0.6 is 0 Å². The molecule has 1 heterocycles. The standard InChI is InChI=1S/C14H17N3O3/c1-9-12(8-17(2)16-9)15-14(19)6-10-4-5-11(18)7-13(10)20-3/h4-5,7-8,18H,6H2,1-3H3,(H,15,19). The van der Waals surface area contributed by atoms with Gasteiger partial charge in [-0.3, -0.25) is 9.48 Å². The molecule has 0 aliphatic carbocycles. The third-order valence-electron chi connectivity index (χ3n) is 2.91. The maximum Gasteiger partial charge on any atom is 0.229 e. The number of phenolic OH excluding ortho intramolecular Hbond substituents is 1. The van der Waals surface area contributed by atoms with Crippen LogP contribution in [0.25, 0.3) is 0 Å². The van der Waals surface area contributed by atoms with Crippen LogP contribution in [0.15, 0.2) is 24.4 Å². The SMILES string of the molecule is COc1cc(O)ccc1CC(=O)Nc1cn(C)nc1C. The summed E-state index contributed by atoms with van der Waals surface area (Å²) >= 11 is 0. The average Bonchev–Trinajstić information content (AvgIpc) is 2.70. The average molecular weight is 275 g/mol. The van der Waals surface area contributed by atoms with E-state index in [9.17, 15) is 9.90 Å². The van der Waals surface area contributed by atoms with Gasteiger partial charge in [0, 0.05) is 24.9 Å². The van der Waals surface area contributed by atoms with Gasteiger partial charge in [-0.15, -0.1) is 0 Å². The lowest BCUT2D eigenvalue weighted by Crippen LogP contribution is -2.15. The number of ether oxygens (including phenoxy) is 1. The summed E-state index contributed by atoms with van der Waals surface area (Å²) < 4.78 is 6.79. The van der Waals surface area contributed by atoms with Gasteiger partial charge in [-0.05, 0) is 13.0 Å². The second-order valence-electron chi connectivity index (χ2n) is 4.52. The Kier molecular flexibility index (Phi) is 3.93. The van der Waals surface area contributed by atoms with E-state index in [1.54, 1.807) is 24.0 Å². The van der Waals surface area contributed by atoms with Gasteiger partial charge >= 0.3 is 0 Å². The van der Waals surface area contributed by atoms with Gasteiger partial charge in [-0.25, -0.2) is 0 Å². The first kappa shape index (κ1) is 13.9. The first-order valence-corrected chi connectivity index (χ1v) is 6.15. The molecular weight excluding hydrogens is 258 g/mol. The number of aryl methyl sites for hydroxylation is 2. The van der Waals surface area contributed by atoms with Crippen LogP contribution in [0.2, 0.25) is 0 Å². The molecule has 1 aromatic carbocycles. The molecule has 106 valence electrons. The Labute approximate surface area is 117 Å². The van der Waals surface area contributed by atoms with E-state index < -0.39 is 0 Å². The molecule has 2 aromatic rings. The maximum absolute atomic E-state index is 12.0. The lowest BCUT2D eigenvalue weighted by Gasteiger charge is -2.09. The molecule has 0 spiro atoms. The molecule has 6 heteroatoms. The molecule has 0 radical (unpaired) electrons. The molecule has 0 aliphatic heterocycles. The minimum Gasteiger partial charge on any atom is -0.508 e. The second kappa shape index (κ2) is 5.64. The van der Waals surface area contributed by atoms with Crippen LogP contribution in [0, 0.1) is 6.92 Å². The molecule has 20 heavy (non-hydrogen) atoms. The summed E-state index contributed by atoms with van der Waals surface area (Å²) in [6, 6.07) is 4.68. The van der Waals surface area contributed by atoms with Crippen molar-refractivity contribution in [1.29, 1.82) is 0 Å². The number of hydrogen-bond acceptors (Lipinski definition) is 4. The maximum atomic E-state index is 12.0. The highest BCUT2D eigenvalue weighted by molar-refractivity contribution is 5.93. The fourth-order valence-electron chi connectivity index (χ4n) is 1.97. The Morgan fingerprint density at radius 2 is 2.25 bits per heavy atom. The number of amides is 1. The molecule has 6 nitrogen and oxygen atoms in total. The van der Waals surface area contributed by atoms with Crippen molar-refractivity contribution in [3.8, 4) is 11.5 Å². The molecule has 2 rings (SSSR count). The quantitative estimate of drug-likeness (QED) is 0.889. The Morgan fingerprint density at radius 3 is 2.85 bits per heavy atom. The summed E-state index contributed by atoms with van der Waals surface area (Å²) in [6.07, 6.45) is 1.92. The zero-order chi connectivity index (χ0) is 14.7. The zero-order valence-corrected chi connectivity index (χ0v) is 11.7. The fourth-order valence-corrected chi connectivity index (χ4v) is 1.97. The Balaban J connectivity index is 2.10. The molecule has 2 N–H and O–H groups in total. The second-order valence-corrected chi connectivity index (χ2v) is 4.52. The van der Waals surface area contributed by atoms with Crippen LogP contribution in [-0.4, -0.2) is 27.9 Å². The Bertz CT molecular complexity index is 635. The largest absolute Gasteiger partial charge is 0.508 e. The van der Waals surface area contributed by atoms with Crippen molar-refractivity contribution in [1.82, 2.24) is 9.78 Å². The number of carbonyl (C=O) groups excluding carboxylic acids is 1. The number of carbonyl (C=O) groups is 1. The Hall–Kier alpha value is -2.50. The van der Waals surface area contributed by atoms with Crippen LogP contribution < -0.4 is 10.1 Å². The molecule has 0 atom stereocenters. The van der Waals surface area contributed by atoms with Gasteiger partial charge in [-0.1, -0.05) is 6.07 Å². The number of aromatic hydroxyl groups is 1. The lowest BCUT2D eigenvalue weighted by molar-refractivity contribution is -0.115. The molecule has 0 bridgehead atoms. The zero-order valence-electron chi connectivity index (χ0n) is 11.7. The van der Waals surface area contributed by atoms with Crippen LogP contribution in [0.5, 0.6) is 11.5 Å². The lowest BCUT2D eigenvalue weighted by atomic mass is 10.1. The highest BCUT2D eigenvalue weighted by atomic mass is 16.5. The van der Waals surface area contributed by atoms with E-state index in [4.69, 9.17) is 4.74 Å². The van der Waals surface area contributed by atoms with Crippen LogP contribution in [0.3, 0.4) is 0 Å². The molecule has 0 saturated heterocycles. The molecule has 0 fully saturated rings. The first-order chi connectivity index (χ1) is 9.49. The van der Waals surface area contributed by atoms with E-state index in [0.717, 1.165) is 5.69 Å². The number of aromatic nitrogens is 2. The highest BCUT2D eigenvalue weighted by Gasteiger charge is 2.12. The van der Waals surface area contributed by atoms with E-state index >= 15 is 0 Å². The number of nitrogens with zero attached hydrogens (tertiary/aromatic N) is 2. The summed E-state index contributed by atoms with van der Waals surface area (Å²) in [6.45, 7) is 1.83. The summed E-state index contributed by atoms with van der Waals surface area (Å²) in [5.74, 6) is 0.433. The van der Waals surface area contributed by atoms with Crippen molar-refractivity contribution in [3.63, 3.8) is 0 Å². The third kappa shape index (κ3) is 3.09. The van der Waals surface area contributed by atoms with E-state index in [0.29, 0.717) is 17.0 Å². The van der Waals surface area contributed by atoms with Gasteiger partial charge in [-0.2, -0.15) is 5.10 Å². The van der Waals surface area contributed by atoms with Crippen LogP contribution in [-0.2, 0) is 18.3 Å². The predicted octanol–water partition coefficient (Wildman–Crippen LogP) is 1.62. The molecule has 0 unspecified atom stereocenters. The van der Waals surface area contributed by atoms with Gasteiger partial charge in [0.1, 0.15) is 11.5 Å². The van der Waals surface area contributed by atoms with Gasteiger partial charge in [0.25, 0.3) is 0 Å². The smallest absolute Gasteiger partial charge is 0.229 e. The monoisotopic (exact) mass is 275 g/mol. The van der Waals surface area contributed by atoms with Crippen molar-refractivity contribution in [2.45, 2.75) is 13.3 Å². The summed E-state index contributed by atoms with van der Waals surface area (Å²) in [7, 11) is 3.30. The van der Waals surface area contributed by atoms with E-state index in [1.165, 1.54) is 19.2 Å². The summed E-state index contributed by atoms with van der Waals surface area (Å²) in [5.41, 5.74) is 2.16. The van der Waals surface area contributed by atoms with Crippen LogP contribution in [0.4, 0.5) is 5.69 Å². The minimum absolute atomic E-state index is 0.106. The van der Waals surface area contributed by atoms with Crippen molar-refractivity contribution in [3.05, 3.63) is 35.7 Å². The van der Waals surface area contributed by atoms with Gasteiger partial charge in [0.15, 0.2) is 0 Å². The van der Waals surface area contributed by atoms with E-state index in [1.807, 2.05) is 6.92 Å². The van der Waals surface area contributed by atoms with Crippen molar-refractivity contribution < 1.29 is 14.6 Å². The van der Waals surface area contributed by atoms with Crippen molar-refractivity contribution >= 4 is 11.6 Å². The minimum atomic E-state index is -0.162. The van der Waals surface area contributed by atoms with Crippen molar-refractivity contribution in [2.75, 3.05) is 12.4 Å². The number of phenols is 1. The Morgan fingerprint density at radius 1 is 1.50 bits per heavy atom. The molecule has 1 amide bonds. The molecule has 0 aliphatic rings. The third-order valence-corrected chi connectivity index (χ3v) is 2.91. The number of methoxy groups -OCH3 is 1. The number of rotatable bonds is 4. The normalized spacial score (nSPS) is 10.3. The topological polar surface area (TPSA) is 76.4 Å². The number of benzene rings is 1. The van der Waals surface area contributed by atoms with Crippen LogP contribution in [0.1, 0.15) is 11.3 Å². The fraction of sp³-hybridized carbons (Fsp3) is 0.286. The van der Waals surface area contributed by atoms with Gasteiger partial charge in [0.2, 0.25) is 5.91 Å². The molecule has 1 aromatic heterocycles. The van der Waals surface area contributed by atoms with Gasteiger partial charge < -0.3 is 15.2 Å². The number of anilines is 1. The predicted molar refractivity (Wildman–Crippen MR) is 74.9 cm³/mol. The molecule has 0 saturated carbocycles. The summed E-state index contributed by atoms with van der Waals surface area (Å²) in [4.78, 5) is 12.0. The molecular formula is C14H17N3O3. The number of nitrogens with one attached hydrogen (secondary N) is 1.